The maximum Gasteiger partial charge on any atom is 0.256 e. The highest BCUT2D eigenvalue weighted by Gasteiger charge is 2.26. The first-order chi connectivity index (χ1) is 13.3. The van der Waals surface area contributed by atoms with E-state index in [4.69, 9.17) is 0 Å². The predicted molar refractivity (Wildman–Crippen MR) is 108 cm³/mol. The van der Waals surface area contributed by atoms with Crippen LogP contribution in [0.15, 0.2) is 18.2 Å². The summed E-state index contributed by atoms with van der Waals surface area (Å²) in [5.41, 5.74) is 3.61. The average Bonchev–Trinajstić information content (AvgIpc) is 3.11. The topological polar surface area (TPSA) is 91.1 Å². The Morgan fingerprint density at radius 1 is 1.21 bits per heavy atom. The second-order valence-corrected chi connectivity index (χ2v) is 6.25. The first-order valence-corrected chi connectivity index (χ1v) is 9.07. The van der Waals surface area contributed by atoms with E-state index in [0.717, 1.165) is 0 Å². The van der Waals surface area contributed by atoms with Crippen LogP contribution in [0.1, 0.15) is 53.6 Å². The van der Waals surface area contributed by atoms with Gasteiger partial charge in [0.1, 0.15) is 11.6 Å². The molecule has 0 spiro atoms. The average molecular weight is 385 g/mol. The molecule has 0 atom stereocenters. The van der Waals surface area contributed by atoms with Gasteiger partial charge < -0.3 is 15.6 Å². The maximum absolute atomic E-state index is 13.5. The summed E-state index contributed by atoms with van der Waals surface area (Å²) < 4.78 is 13.5. The number of Topliss-reactive ketones (excluding diaryl/α,β-unsaturated/α-hetero) is 1. The molecule has 0 saturated carbocycles. The fourth-order valence-electron chi connectivity index (χ4n) is 3.00. The number of aromatic nitrogens is 1. The third kappa shape index (κ3) is 4.19. The molecule has 0 saturated heterocycles. The van der Waals surface area contributed by atoms with Crippen LogP contribution < -0.4 is 10.6 Å². The minimum absolute atomic E-state index is 0.0472. The minimum atomic E-state index is -0.435. The fourth-order valence-corrected chi connectivity index (χ4v) is 3.00. The van der Waals surface area contributed by atoms with Gasteiger partial charge in [-0.05, 0) is 50.6 Å². The lowest BCUT2D eigenvalue weighted by atomic mass is 10.0. The number of carbonyl (C=O) groups is 3. The smallest absolute Gasteiger partial charge is 0.256 e. The fraction of sp³-hybridized carbons (Fsp3) is 0.286. The molecular formula is C21H24FN3O3. The molecule has 2 heterocycles. The van der Waals surface area contributed by atoms with E-state index in [9.17, 15) is 18.8 Å². The first kappa shape index (κ1) is 21.1. The van der Waals surface area contributed by atoms with E-state index in [-0.39, 0.29) is 24.1 Å². The number of rotatable bonds is 4. The number of nitrogens with one attached hydrogen (secondary N) is 3. The Balaban J connectivity index is 0.00000136. The van der Waals surface area contributed by atoms with Crippen LogP contribution in [0.25, 0.3) is 11.6 Å². The molecule has 6 nitrogen and oxygen atoms in total. The highest BCUT2D eigenvalue weighted by Crippen LogP contribution is 2.34. The van der Waals surface area contributed by atoms with Crippen LogP contribution >= 0.6 is 0 Å². The molecule has 0 fully saturated rings. The first-order valence-electron chi connectivity index (χ1n) is 9.07. The lowest BCUT2D eigenvalue weighted by molar-refractivity contribution is -0.116. The molecule has 1 aromatic heterocycles. The van der Waals surface area contributed by atoms with Crippen LogP contribution in [0, 0.1) is 19.7 Å². The van der Waals surface area contributed by atoms with Crippen LogP contribution in [-0.4, -0.2) is 29.1 Å². The molecule has 0 aliphatic carbocycles. The second kappa shape index (κ2) is 8.65. The molecule has 1 aliphatic heterocycles. The Kier molecular flexibility index (Phi) is 6.51. The van der Waals surface area contributed by atoms with Gasteiger partial charge in [0.15, 0.2) is 0 Å². The quantitative estimate of drug-likeness (QED) is 0.702. The minimum Gasteiger partial charge on any atom is -0.358 e. The van der Waals surface area contributed by atoms with Gasteiger partial charge in [0.2, 0.25) is 0 Å². The van der Waals surface area contributed by atoms with Crippen LogP contribution in [0.5, 0.6) is 0 Å². The zero-order chi connectivity index (χ0) is 21.0. The summed E-state index contributed by atoms with van der Waals surface area (Å²) in [5.74, 6) is -1.28. The second-order valence-electron chi connectivity index (χ2n) is 6.25. The van der Waals surface area contributed by atoms with E-state index < -0.39 is 5.82 Å². The number of hydrogen-bond donors (Lipinski definition) is 3. The van der Waals surface area contributed by atoms with Gasteiger partial charge in [-0.3, -0.25) is 14.4 Å². The number of halogens is 1. The molecule has 0 bridgehead atoms. The zero-order valence-corrected chi connectivity index (χ0v) is 16.6. The van der Waals surface area contributed by atoms with Crippen molar-refractivity contribution in [2.24, 2.45) is 0 Å². The van der Waals surface area contributed by atoms with Crippen molar-refractivity contribution in [3.05, 3.63) is 52.1 Å². The van der Waals surface area contributed by atoms with E-state index in [1.807, 2.05) is 13.8 Å². The van der Waals surface area contributed by atoms with Gasteiger partial charge in [0, 0.05) is 22.6 Å². The summed E-state index contributed by atoms with van der Waals surface area (Å²) >= 11 is 0. The molecule has 1 aliphatic rings. The summed E-state index contributed by atoms with van der Waals surface area (Å²) in [6, 6.07) is 4.09. The number of H-pyrrole nitrogens is 1. The zero-order valence-electron chi connectivity index (χ0n) is 16.6. The Bertz CT molecular complexity index is 974. The van der Waals surface area contributed by atoms with Crippen molar-refractivity contribution < 1.29 is 18.8 Å². The Morgan fingerprint density at radius 2 is 1.89 bits per heavy atom. The van der Waals surface area contributed by atoms with Crippen molar-refractivity contribution in [2.45, 2.75) is 34.6 Å². The van der Waals surface area contributed by atoms with Crippen LogP contribution in [-0.2, 0) is 9.59 Å². The van der Waals surface area contributed by atoms with Crippen LogP contribution in [0.3, 0.4) is 0 Å². The van der Waals surface area contributed by atoms with Crippen LogP contribution in [0.4, 0.5) is 10.1 Å². The molecule has 7 heteroatoms. The van der Waals surface area contributed by atoms with Crippen LogP contribution in [0.2, 0.25) is 0 Å². The molecule has 0 unspecified atom stereocenters. The highest BCUT2D eigenvalue weighted by atomic mass is 19.1. The number of benzene rings is 1. The van der Waals surface area contributed by atoms with Crippen molar-refractivity contribution in [3.63, 3.8) is 0 Å². The van der Waals surface area contributed by atoms with E-state index in [2.05, 4.69) is 15.6 Å². The number of hydrogen-bond acceptors (Lipinski definition) is 3. The molecule has 2 amide bonds. The maximum atomic E-state index is 13.5. The van der Waals surface area contributed by atoms with E-state index >= 15 is 0 Å². The van der Waals surface area contributed by atoms with Gasteiger partial charge in [-0.2, -0.15) is 0 Å². The van der Waals surface area contributed by atoms with Crippen molar-refractivity contribution in [1.29, 1.82) is 0 Å². The molecule has 3 N–H and O–H groups in total. The molecule has 0 radical (unpaired) electrons. The Labute approximate surface area is 163 Å². The predicted octanol–water partition coefficient (Wildman–Crippen LogP) is 3.61. The number of fused-ring (bicyclic) bond motifs is 1. The van der Waals surface area contributed by atoms with E-state index in [1.54, 1.807) is 19.9 Å². The number of ketones is 1. The summed E-state index contributed by atoms with van der Waals surface area (Å²) in [7, 11) is 0. The van der Waals surface area contributed by atoms with Gasteiger partial charge in [0.05, 0.1) is 17.7 Å². The lowest BCUT2D eigenvalue weighted by Crippen LogP contribution is -2.28. The van der Waals surface area contributed by atoms with Gasteiger partial charge in [0.25, 0.3) is 11.8 Å². The molecule has 148 valence electrons. The molecule has 2 aromatic rings. The van der Waals surface area contributed by atoms with Crippen molar-refractivity contribution in [1.82, 2.24) is 10.3 Å². The molecule has 1 aromatic carbocycles. The number of carbonyl (C=O) groups excluding carboxylic acids is 3. The Hall–Kier alpha value is -3.22. The molecule has 3 rings (SSSR count). The summed E-state index contributed by atoms with van der Waals surface area (Å²) in [6.07, 6.45) is 1.60. The summed E-state index contributed by atoms with van der Waals surface area (Å²) in [4.78, 5) is 38.7. The van der Waals surface area contributed by atoms with Gasteiger partial charge in [-0.15, -0.1) is 0 Å². The molecular weight excluding hydrogens is 361 g/mol. The number of anilines is 1. The van der Waals surface area contributed by atoms with Crippen molar-refractivity contribution >= 4 is 34.9 Å². The summed E-state index contributed by atoms with van der Waals surface area (Å²) in [5, 5.41) is 5.25. The number of amides is 2. The summed E-state index contributed by atoms with van der Waals surface area (Å²) in [6.45, 7) is 8.83. The number of aryl methyl sites for hydroxylation is 1. The lowest BCUT2D eigenvalue weighted by Gasteiger charge is -2.04. The Morgan fingerprint density at radius 3 is 2.54 bits per heavy atom. The highest BCUT2D eigenvalue weighted by molar-refractivity contribution is 6.34. The monoisotopic (exact) mass is 385 g/mol. The number of aromatic amines is 1. The van der Waals surface area contributed by atoms with E-state index in [0.29, 0.717) is 39.3 Å². The van der Waals surface area contributed by atoms with Gasteiger partial charge >= 0.3 is 0 Å². The molecule has 28 heavy (non-hydrogen) atoms. The van der Waals surface area contributed by atoms with Crippen molar-refractivity contribution in [3.8, 4) is 0 Å². The third-order valence-corrected chi connectivity index (χ3v) is 4.25. The third-order valence-electron chi connectivity index (χ3n) is 4.25. The standard InChI is InChI=1S/C19H18FN3O3.C2H6/c1-9(24)8-21-19(26)17-10(2)16(22-11(17)3)7-14-13-6-12(20)4-5-15(13)23-18(14)25;1-2/h4-7,22H,8H2,1-3H3,(H,21,26)(H,23,25);1-2H3/b14-7-;. The van der Waals surface area contributed by atoms with Crippen molar-refractivity contribution in [2.75, 3.05) is 11.9 Å². The van der Waals surface area contributed by atoms with Gasteiger partial charge in [-0.25, -0.2) is 4.39 Å². The normalized spacial score (nSPS) is 13.5. The SMILES string of the molecule is CC.CC(=O)CNC(=O)c1c(C)[nH]c(/C=C2\C(=O)Nc3ccc(F)cc32)c1C. The largest absolute Gasteiger partial charge is 0.358 e. The van der Waals surface area contributed by atoms with Gasteiger partial charge in [-0.1, -0.05) is 13.8 Å². The van der Waals surface area contributed by atoms with E-state index in [1.165, 1.54) is 25.1 Å².